The van der Waals surface area contributed by atoms with Crippen molar-refractivity contribution in [1.82, 2.24) is 14.5 Å². The first kappa shape index (κ1) is 21.1. The van der Waals surface area contributed by atoms with Crippen LogP contribution in [0.25, 0.3) is 11.0 Å². The molecule has 1 amide bonds. The van der Waals surface area contributed by atoms with Gasteiger partial charge in [0, 0.05) is 30.5 Å². The molecular formula is C23H33N3OS2. The average Bonchev–Trinajstić information content (AvgIpc) is 3.45. The van der Waals surface area contributed by atoms with Crippen LogP contribution in [-0.4, -0.2) is 37.9 Å². The Morgan fingerprint density at radius 1 is 1.24 bits per heavy atom. The number of hydrogen-bond acceptors (Lipinski definition) is 4. The van der Waals surface area contributed by atoms with Gasteiger partial charge >= 0.3 is 0 Å². The Bertz CT molecular complexity index is 829. The predicted molar refractivity (Wildman–Crippen MR) is 125 cm³/mol. The molecule has 2 aliphatic rings. The third-order valence-corrected chi connectivity index (χ3v) is 9.00. The largest absolute Gasteiger partial charge is 0.333 e. The minimum atomic E-state index is 0.135. The first-order chi connectivity index (χ1) is 14.1. The maximum Gasteiger partial charge on any atom is 0.223 e. The standard InChI is InChI=1S/C23H33N3OS2/c1-17(2)16-26-20-10-5-4-9-19(20)24-23(26)21-11-7-14-25(21)22(27)12-6-3-8-18-13-15-28-29-18/h4-5,9-10,17-18,21H,3,6-8,11-16H2,1-2H3/t18?,21-/m0/s1. The van der Waals surface area contributed by atoms with E-state index in [1.54, 1.807) is 0 Å². The highest BCUT2D eigenvalue weighted by Crippen LogP contribution is 2.40. The lowest BCUT2D eigenvalue weighted by Gasteiger charge is -2.26. The third-order valence-electron chi connectivity index (χ3n) is 6.00. The smallest absolute Gasteiger partial charge is 0.223 e. The minimum absolute atomic E-state index is 0.135. The lowest BCUT2D eigenvalue weighted by atomic mass is 10.1. The van der Waals surface area contributed by atoms with Crippen molar-refractivity contribution in [3.05, 3.63) is 30.1 Å². The molecule has 2 aliphatic heterocycles. The van der Waals surface area contributed by atoms with Crippen molar-refractivity contribution in [2.24, 2.45) is 5.92 Å². The third kappa shape index (κ3) is 4.96. The number of carbonyl (C=O) groups is 1. The van der Waals surface area contributed by atoms with Gasteiger partial charge in [-0.05, 0) is 50.2 Å². The molecule has 1 aromatic carbocycles. The van der Waals surface area contributed by atoms with Gasteiger partial charge in [-0.2, -0.15) is 0 Å². The minimum Gasteiger partial charge on any atom is -0.333 e. The summed E-state index contributed by atoms with van der Waals surface area (Å²) in [7, 11) is 4.05. The van der Waals surface area contributed by atoms with Crippen LogP contribution in [0.3, 0.4) is 0 Å². The van der Waals surface area contributed by atoms with Crippen LogP contribution in [0.15, 0.2) is 24.3 Å². The van der Waals surface area contributed by atoms with Gasteiger partial charge in [-0.15, -0.1) is 0 Å². The Morgan fingerprint density at radius 3 is 2.90 bits per heavy atom. The van der Waals surface area contributed by atoms with Gasteiger partial charge in [0.05, 0.1) is 17.1 Å². The van der Waals surface area contributed by atoms with Crippen LogP contribution in [0.4, 0.5) is 0 Å². The molecule has 1 unspecified atom stereocenters. The summed E-state index contributed by atoms with van der Waals surface area (Å²) in [6, 6.07) is 8.53. The number of amides is 1. The quantitative estimate of drug-likeness (QED) is 0.375. The summed E-state index contributed by atoms with van der Waals surface area (Å²) in [6.07, 6.45) is 7.59. The number of hydrogen-bond donors (Lipinski definition) is 0. The molecular weight excluding hydrogens is 398 g/mol. The fourth-order valence-electron chi connectivity index (χ4n) is 4.60. The molecule has 0 bridgehead atoms. The lowest BCUT2D eigenvalue weighted by Crippen LogP contribution is -2.32. The molecule has 1 aromatic heterocycles. The Morgan fingerprint density at radius 2 is 2.10 bits per heavy atom. The number of unbranched alkanes of at least 4 members (excludes halogenated alkanes) is 1. The van der Waals surface area contributed by atoms with Gasteiger partial charge in [-0.1, -0.05) is 54.0 Å². The molecule has 4 nitrogen and oxygen atoms in total. The summed E-state index contributed by atoms with van der Waals surface area (Å²) in [4.78, 5) is 20.2. The molecule has 158 valence electrons. The molecule has 0 spiro atoms. The molecule has 0 aliphatic carbocycles. The van der Waals surface area contributed by atoms with Crippen molar-refractivity contribution in [3.8, 4) is 0 Å². The summed E-state index contributed by atoms with van der Waals surface area (Å²) in [5.41, 5.74) is 2.25. The second-order valence-corrected chi connectivity index (χ2v) is 11.6. The van der Waals surface area contributed by atoms with Gasteiger partial charge in [-0.3, -0.25) is 4.79 Å². The van der Waals surface area contributed by atoms with Gasteiger partial charge in [0.25, 0.3) is 0 Å². The summed E-state index contributed by atoms with van der Waals surface area (Å²) >= 11 is 0. The van der Waals surface area contributed by atoms with E-state index < -0.39 is 0 Å². The second kappa shape index (κ2) is 9.78. The highest BCUT2D eigenvalue weighted by molar-refractivity contribution is 8.77. The number of carbonyl (C=O) groups excluding carboxylic acids is 1. The van der Waals surface area contributed by atoms with Crippen molar-refractivity contribution in [2.45, 2.75) is 76.6 Å². The van der Waals surface area contributed by atoms with E-state index >= 15 is 0 Å². The van der Waals surface area contributed by atoms with Crippen molar-refractivity contribution in [1.29, 1.82) is 0 Å². The number of para-hydroxylation sites is 2. The monoisotopic (exact) mass is 431 g/mol. The van der Waals surface area contributed by atoms with Gasteiger partial charge in [0.15, 0.2) is 0 Å². The molecule has 2 atom stereocenters. The number of aromatic nitrogens is 2. The van der Waals surface area contributed by atoms with Crippen molar-refractivity contribution in [3.63, 3.8) is 0 Å². The molecule has 3 heterocycles. The van der Waals surface area contributed by atoms with E-state index in [1.165, 1.54) is 30.5 Å². The molecule has 0 N–H and O–H groups in total. The summed E-state index contributed by atoms with van der Waals surface area (Å²) < 4.78 is 2.37. The van der Waals surface area contributed by atoms with Gasteiger partial charge in [-0.25, -0.2) is 4.98 Å². The normalized spacial score (nSPS) is 22.2. The van der Waals surface area contributed by atoms with Gasteiger partial charge < -0.3 is 9.47 Å². The molecule has 2 saturated heterocycles. The van der Waals surface area contributed by atoms with E-state index in [-0.39, 0.29) is 6.04 Å². The number of rotatable bonds is 8. The van der Waals surface area contributed by atoms with E-state index in [1.807, 2.05) is 21.6 Å². The number of nitrogens with zero attached hydrogens (tertiary/aromatic N) is 3. The van der Waals surface area contributed by atoms with Crippen LogP contribution < -0.4 is 0 Å². The highest BCUT2D eigenvalue weighted by Gasteiger charge is 2.33. The first-order valence-corrected chi connectivity index (χ1v) is 13.5. The van der Waals surface area contributed by atoms with Crippen LogP contribution in [0.1, 0.15) is 70.7 Å². The zero-order valence-electron chi connectivity index (χ0n) is 17.7. The number of imidazole rings is 1. The SMILES string of the molecule is CC(C)Cn1c([C@@H]2CCCN2C(=O)CCCCC2CCSS2)nc2ccccc21. The van der Waals surface area contributed by atoms with Gasteiger partial charge in [0.1, 0.15) is 5.82 Å². The van der Waals surface area contributed by atoms with E-state index in [0.717, 1.165) is 48.9 Å². The van der Waals surface area contributed by atoms with E-state index in [2.05, 4.69) is 47.6 Å². The van der Waals surface area contributed by atoms with Crippen molar-refractivity contribution < 1.29 is 4.79 Å². The van der Waals surface area contributed by atoms with Crippen LogP contribution in [0, 0.1) is 5.92 Å². The van der Waals surface area contributed by atoms with E-state index in [0.29, 0.717) is 18.2 Å². The molecule has 4 rings (SSSR count). The number of fused-ring (bicyclic) bond motifs is 1. The number of benzene rings is 1. The maximum atomic E-state index is 13.1. The first-order valence-electron chi connectivity index (χ1n) is 11.2. The van der Waals surface area contributed by atoms with E-state index in [9.17, 15) is 4.79 Å². The zero-order chi connectivity index (χ0) is 20.2. The molecule has 6 heteroatoms. The Hall–Kier alpha value is -1.14. The van der Waals surface area contributed by atoms with Crippen LogP contribution >= 0.6 is 21.6 Å². The highest BCUT2D eigenvalue weighted by atomic mass is 33.1. The Balaban J connectivity index is 1.44. The average molecular weight is 432 g/mol. The van der Waals surface area contributed by atoms with Crippen molar-refractivity contribution in [2.75, 3.05) is 12.3 Å². The van der Waals surface area contributed by atoms with Crippen LogP contribution in [-0.2, 0) is 11.3 Å². The number of likely N-dealkylation sites (tertiary alicyclic amines) is 1. The molecule has 2 fully saturated rings. The summed E-state index contributed by atoms with van der Waals surface area (Å²) in [6.45, 7) is 6.32. The summed E-state index contributed by atoms with van der Waals surface area (Å²) in [5.74, 6) is 3.25. The Labute approximate surface area is 182 Å². The lowest BCUT2D eigenvalue weighted by molar-refractivity contribution is -0.132. The topological polar surface area (TPSA) is 38.1 Å². The molecule has 29 heavy (non-hydrogen) atoms. The Kier molecular flexibility index (Phi) is 7.12. The van der Waals surface area contributed by atoms with Crippen molar-refractivity contribution >= 4 is 38.5 Å². The second-order valence-electron chi connectivity index (χ2n) is 8.78. The molecule has 0 saturated carbocycles. The fourth-order valence-corrected chi connectivity index (χ4v) is 7.62. The van der Waals surface area contributed by atoms with Gasteiger partial charge in [0.2, 0.25) is 5.91 Å². The zero-order valence-corrected chi connectivity index (χ0v) is 19.3. The summed E-state index contributed by atoms with van der Waals surface area (Å²) in [5, 5.41) is 0.811. The van der Waals surface area contributed by atoms with Crippen LogP contribution in [0.2, 0.25) is 0 Å². The van der Waals surface area contributed by atoms with E-state index in [4.69, 9.17) is 4.98 Å². The maximum absolute atomic E-state index is 13.1. The van der Waals surface area contributed by atoms with Crippen LogP contribution in [0.5, 0.6) is 0 Å². The fraction of sp³-hybridized carbons (Fsp3) is 0.652. The predicted octanol–water partition coefficient (Wildman–Crippen LogP) is 6.07. The molecule has 2 aromatic rings. The molecule has 0 radical (unpaired) electrons.